The van der Waals surface area contributed by atoms with Gasteiger partial charge in [0.05, 0.1) is 6.04 Å². The molecule has 0 aliphatic carbocycles. The molecule has 0 bridgehead atoms. The number of amidine groups is 1. The van der Waals surface area contributed by atoms with Gasteiger partial charge in [0, 0.05) is 24.3 Å². The average molecular weight is 341 g/mol. The van der Waals surface area contributed by atoms with Gasteiger partial charge in [-0.2, -0.15) is 0 Å². The Bertz CT molecular complexity index is 485. The van der Waals surface area contributed by atoms with Gasteiger partial charge in [-0.3, -0.25) is 0 Å². The maximum Gasteiger partial charge on any atom is 0.152 e. The van der Waals surface area contributed by atoms with Crippen molar-refractivity contribution in [2.24, 2.45) is 16.7 Å². The van der Waals surface area contributed by atoms with Crippen LogP contribution < -0.4 is 17.3 Å². The molecule has 0 saturated carbocycles. The minimum Gasteiger partial charge on any atom is -0.398 e. The smallest absolute Gasteiger partial charge is 0.152 e. The first kappa shape index (κ1) is 21.6. The van der Waals surface area contributed by atoms with Crippen LogP contribution in [0.5, 0.6) is 0 Å². The van der Waals surface area contributed by atoms with Crippen LogP contribution in [0.25, 0.3) is 0 Å². The van der Waals surface area contributed by atoms with E-state index in [4.69, 9.17) is 17.3 Å². The Hall–Kier alpha value is -1.44. The minimum atomic E-state index is 0.216. The summed E-state index contributed by atoms with van der Waals surface area (Å²) in [6.07, 6.45) is 2.05. The third-order valence-electron chi connectivity index (χ3n) is 3.26. The van der Waals surface area contributed by atoms with Crippen molar-refractivity contribution in [2.45, 2.75) is 40.7 Å². The number of benzene rings is 1. The Morgan fingerprint density at radius 2 is 1.83 bits per heavy atom. The molecule has 7 heteroatoms. The van der Waals surface area contributed by atoms with Gasteiger partial charge in [0.2, 0.25) is 0 Å². The summed E-state index contributed by atoms with van der Waals surface area (Å²) in [6.45, 7) is 11.7. The minimum absolute atomic E-state index is 0.216. The van der Waals surface area contributed by atoms with Crippen LogP contribution in [0.4, 0.5) is 5.69 Å². The lowest BCUT2D eigenvalue weighted by atomic mass is 10.1. The lowest BCUT2D eigenvalue weighted by molar-refractivity contribution is 0.0991. The van der Waals surface area contributed by atoms with E-state index in [0.717, 1.165) is 24.2 Å². The Morgan fingerprint density at radius 3 is 2.30 bits per heavy atom. The second-order valence-corrected chi connectivity index (χ2v) is 5.50. The van der Waals surface area contributed by atoms with Crippen LogP contribution in [0, 0.1) is 6.92 Å². The summed E-state index contributed by atoms with van der Waals surface area (Å²) in [5.41, 5.74) is 14.3. The van der Waals surface area contributed by atoms with E-state index in [-0.39, 0.29) is 6.04 Å². The Labute approximate surface area is 145 Å². The zero-order valence-corrected chi connectivity index (χ0v) is 16.0. The summed E-state index contributed by atoms with van der Waals surface area (Å²) in [5.74, 6) is 6.29. The molecule has 1 aliphatic rings. The predicted molar refractivity (Wildman–Crippen MR) is 104 cm³/mol. The molecule has 1 aromatic carbocycles. The van der Waals surface area contributed by atoms with Gasteiger partial charge >= 0.3 is 0 Å². The molecule has 0 unspecified atom stereocenters. The Morgan fingerprint density at radius 1 is 1.26 bits per heavy atom. The number of nitrogens with zero attached hydrogens (tertiary/aromatic N) is 3. The van der Waals surface area contributed by atoms with Gasteiger partial charge in [0.15, 0.2) is 5.84 Å². The maximum absolute atomic E-state index is 5.95. The molecule has 1 aromatic rings. The third kappa shape index (κ3) is 6.29. The molecule has 0 amide bonds. The first-order valence-electron chi connectivity index (χ1n) is 8.05. The first-order valence-corrected chi connectivity index (χ1v) is 9.23. The zero-order valence-electron chi connectivity index (χ0n) is 15.2. The largest absolute Gasteiger partial charge is 0.398 e. The van der Waals surface area contributed by atoms with Crippen LogP contribution in [0.15, 0.2) is 23.3 Å². The number of hydrogen-bond donors (Lipinski definition) is 3. The molecule has 23 heavy (non-hydrogen) atoms. The van der Waals surface area contributed by atoms with Gasteiger partial charge < -0.3 is 11.5 Å². The number of nitrogen functional groups attached to an aromatic ring is 1. The molecule has 0 atom stereocenters. The van der Waals surface area contributed by atoms with E-state index in [9.17, 15) is 0 Å². The maximum atomic E-state index is 5.95. The standard InChI is InChI=1S/C12H20N6S.2C2H6/c1-8-3-4-9(5-11(8)13)12(14)16-18(15)10-6-17(7-10)19-2;2*1-2/h3-5,10H,6-7,13,15H2,1-2H3,(H2,14,16);2*1-2H3. The fourth-order valence-electron chi connectivity index (χ4n) is 1.80. The van der Waals surface area contributed by atoms with Crippen LogP contribution >= 0.6 is 11.9 Å². The van der Waals surface area contributed by atoms with Crippen molar-refractivity contribution < 1.29 is 0 Å². The predicted octanol–water partition coefficient (Wildman–Crippen LogP) is 2.39. The second-order valence-electron chi connectivity index (χ2n) is 4.62. The number of anilines is 1. The van der Waals surface area contributed by atoms with E-state index in [0.29, 0.717) is 11.5 Å². The summed E-state index contributed by atoms with van der Waals surface area (Å²) in [7, 11) is 0. The molecule has 0 radical (unpaired) electrons. The normalized spacial score (nSPS) is 14.8. The van der Waals surface area contributed by atoms with Crippen LogP contribution in [0.2, 0.25) is 0 Å². The van der Waals surface area contributed by atoms with E-state index in [1.165, 1.54) is 5.12 Å². The van der Waals surface area contributed by atoms with Gasteiger partial charge in [-0.05, 0) is 24.8 Å². The fraction of sp³-hybridized carbons (Fsp3) is 0.562. The molecule has 0 spiro atoms. The molecule has 132 valence electrons. The van der Waals surface area contributed by atoms with E-state index in [2.05, 4.69) is 9.41 Å². The number of rotatable bonds is 4. The highest BCUT2D eigenvalue weighted by Crippen LogP contribution is 2.19. The first-order chi connectivity index (χ1) is 11.0. The summed E-state index contributed by atoms with van der Waals surface area (Å²) in [5, 5.41) is 5.67. The van der Waals surface area contributed by atoms with E-state index < -0.39 is 0 Å². The Balaban J connectivity index is 0.00000112. The number of hydrogen-bond acceptors (Lipinski definition) is 6. The molecule has 1 aliphatic heterocycles. The topological polar surface area (TPSA) is 96.9 Å². The fourth-order valence-corrected chi connectivity index (χ4v) is 2.44. The van der Waals surface area contributed by atoms with Gasteiger partial charge in [-0.15, -0.1) is 5.10 Å². The molecular weight excluding hydrogens is 308 g/mol. The quantitative estimate of drug-likeness (QED) is 0.194. The second kappa shape index (κ2) is 11.2. The van der Waals surface area contributed by atoms with Crippen LogP contribution in [-0.2, 0) is 0 Å². The monoisotopic (exact) mass is 340 g/mol. The van der Waals surface area contributed by atoms with Gasteiger partial charge in [-0.25, -0.2) is 15.3 Å². The molecular formula is C16H32N6S. The Kier molecular flexibility index (Phi) is 10.5. The van der Waals surface area contributed by atoms with Crippen LogP contribution in [0.3, 0.4) is 0 Å². The van der Waals surface area contributed by atoms with Gasteiger partial charge in [0.25, 0.3) is 0 Å². The van der Waals surface area contributed by atoms with Crippen molar-refractivity contribution in [3.63, 3.8) is 0 Å². The van der Waals surface area contributed by atoms with E-state index >= 15 is 0 Å². The lowest BCUT2D eigenvalue weighted by Gasteiger charge is -2.40. The summed E-state index contributed by atoms with van der Waals surface area (Å²) >= 11 is 1.71. The number of hydrazine groups is 1. The zero-order chi connectivity index (χ0) is 18.0. The van der Waals surface area contributed by atoms with Gasteiger partial charge in [0.1, 0.15) is 0 Å². The van der Waals surface area contributed by atoms with Crippen LogP contribution in [0.1, 0.15) is 38.8 Å². The van der Waals surface area contributed by atoms with Gasteiger partial charge in [-0.1, -0.05) is 51.8 Å². The average Bonchev–Trinajstić information content (AvgIpc) is 2.53. The molecule has 1 heterocycles. The molecule has 1 fully saturated rings. The SMILES string of the molecule is CC.CC.CSN1CC(N(N)/N=C(\N)c2ccc(C)c(N)c2)C1. The highest BCUT2D eigenvalue weighted by molar-refractivity contribution is 7.96. The van der Waals surface area contributed by atoms with E-state index in [1.54, 1.807) is 11.9 Å². The molecule has 2 rings (SSSR count). The number of hydrazone groups is 1. The van der Waals surface area contributed by atoms with Crippen molar-refractivity contribution in [2.75, 3.05) is 25.1 Å². The number of nitrogens with two attached hydrogens (primary N) is 3. The van der Waals surface area contributed by atoms with Crippen LogP contribution in [-0.4, -0.2) is 40.6 Å². The third-order valence-corrected chi connectivity index (χ3v) is 4.07. The van der Waals surface area contributed by atoms with Crippen molar-refractivity contribution in [3.8, 4) is 0 Å². The van der Waals surface area contributed by atoms with Crippen molar-refractivity contribution >= 4 is 23.5 Å². The summed E-state index contributed by atoms with van der Waals surface area (Å²) in [6, 6.07) is 5.85. The molecule has 0 aromatic heterocycles. The lowest BCUT2D eigenvalue weighted by Crippen LogP contribution is -2.57. The molecule has 6 N–H and O–H groups in total. The van der Waals surface area contributed by atoms with Crippen molar-refractivity contribution in [1.29, 1.82) is 0 Å². The highest BCUT2D eigenvalue weighted by atomic mass is 32.2. The highest BCUT2D eigenvalue weighted by Gasteiger charge is 2.30. The molecule has 6 nitrogen and oxygen atoms in total. The summed E-state index contributed by atoms with van der Waals surface area (Å²) < 4.78 is 2.21. The summed E-state index contributed by atoms with van der Waals surface area (Å²) in [4.78, 5) is 0. The van der Waals surface area contributed by atoms with Crippen molar-refractivity contribution in [3.05, 3.63) is 29.3 Å². The van der Waals surface area contributed by atoms with E-state index in [1.807, 2.05) is 59.1 Å². The number of aryl methyl sites for hydroxylation is 1. The molecule has 1 saturated heterocycles. The van der Waals surface area contributed by atoms with Crippen molar-refractivity contribution in [1.82, 2.24) is 9.42 Å².